The predicted molar refractivity (Wildman–Crippen MR) is 46.7 cm³/mol. The maximum atomic E-state index is 5.38. The van der Waals surface area contributed by atoms with Crippen molar-refractivity contribution < 1.29 is 9.47 Å². The van der Waals surface area contributed by atoms with Crippen LogP contribution in [0.25, 0.3) is 0 Å². The summed E-state index contributed by atoms with van der Waals surface area (Å²) < 4.78 is 10.5. The third-order valence-corrected chi connectivity index (χ3v) is 2.65. The van der Waals surface area contributed by atoms with E-state index in [1.54, 1.807) is 14.2 Å². The predicted octanol–water partition coefficient (Wildman–Crippen LogP) is 2.08. The van der Waals surface area contributed by atoms with Gasteiger partial charge in [-0.15, -0.1) is 0 Å². The molecule has 0 N–H and O–H groups in total. The van der Waals surface area contributed by atoms with Crippen LogP contribution >= 0.6 is 0 Å². The number of methoxy groups -OCH3 is 2. The summed E-state index contributed by atoms with van der Waals surface area (Å²) in [6.45, 7) is 9.14. The summed E-state index contributed by atoms with van der Waals surface area (Å²) in [6.07, 6.45) is 0. The topological polar surface area (TPSA) is 18.5 Å². The van der Waals surface area contributed by atoms with Crippen molar-refractivity contribution in [2.45, 2.75) is 33.3 Å². The minimum atomic E-state index is -0.136. The van der Waals surface area contributed by atoms with Crippen molar-refractivity contribution in [3.8, 4) is 0 Å². The average Bonchev–Trinajstić information content (AvgIpc) is 1.87. The maximum Gasteiger partial charge on any atom is 0.0695 e. The molecule has 0 heterocycles. The van der Waals surface area contributed by atoms with Crippen LogP contribution in [-0.4, -0.2) is 26.4 Å². The van der Waals surface area contributed by atoms with Gasteiger partial charge in [-0.05, 0) is 13.8 Å². The molecule has 0 aliphatic rings. The van der Waals surface area contributed by atoms with Crippen LogP contribution in [0.1, 0.15) is 27.7 Å². The molecule has 68 valence electrons. The van der Waals surface area contributed by atoms with Crippen molar-refractivity contribution in [1.29, 1.82) is 0 Å². The molecule has 0 spiro atoms. The Kier molecular flexibility index (Phi) is 3.52. The van der Waals surface area contributed by atoms with Crippen molar-refractivity contribution in [2.75, 3.05) is 20.8 Å². The fourth-order valence-electron chi connectivity index (χ4n) is 0.811. The summed E-state index contributed by atoms with van der Waals surface area (Å²) in [7, 11) is 3.45. The lowest BCUT2D eigenvalue weighted by Crippen LogP contribution is -2.43. The first kappa shape index (κ1) is 10.9. The van der Waals surface area contributed by atoms with Crippen molar-refractivity contribution in [3.63, 3.8) is 0 Å². The standard InChI is InChI=1S/C9H20O2/c1-8(2,7-10-5)9(3,4)11-6/h7H2,1-6H3. The van der Waals surface area contributed by atoms with Crippen molar-refractivity contribution in [3.05, 3.63) is 0 Å². The lowest BCUT2D eigenvalue weighted by Gasteiger charge is -2.39. The Bertz CT molecular complexity index is 117. The summed E-state index contributed by atoms with van der Waals surface area (Å²) in [5.41, 5.74) is -0.0838. The summed E-state index contributed by atoms with van der Waals surface area (Å²) in [6, 6.07) is 0. The summed E-state index contributed by atoms with van der Waals surface area (Å²) in [5, 5.41) is 0. The smallest absolute Gasteiger partial charge is 0.0695 e. The van der Waals surface area contributed by atoms with Gasteiger partial charge < -0.3 is 9.47 Å². The quantitative estimate of drug-likeness (QED) is 0.627. The highest BCUT2D eigenvalue weighted by molar-refractivity contribution is 4.86. The van der Waals surface area contributed by atoms with Crippen LogP contribution in [0, 0.1) is 5.41 Å². The molecular weight excluding hydrogens is 140 g/mol. The van der Waals surface area contributed by atoms with E-state index in [9.17, 15) is 0 Å². The van der Waals surface area contributed by atoms with Gasteiger partial charge in [0.15, 0.2) is 0 Å². The van der Waals surface area contributed by atoms with Gasteiger partial charge in [0.25, 0.3) is 0 Å². The second-order valence-corrected chi connectivity index (χ2v) is 4.03. The number of ether oxygens (including phenoxy) is 2. The first-order chi connectivity index (χ1) is 4.87. The van der Waals surface area contributed by atoms with Crippen LogP contribution < -0.4 is 0 Å². The van der Waals surface area contributed by atoms with E-state index in [-0.39, 0.29) is 11.0 Å². The van der Waals surface area contributed by atoms with Crippen molar-refractivity contribution in [2.24, 2.45) is 5.41 Å². The van der Waals surface area contributed by atoms with Gasteiger partial charge in [0.1, 0.15) is 0 Å². The number of hydrogen-bond donors (Lipinski definition) is 0. The molecular formula is C9H20O2. The normalized spacial score (nSPS) is 13.6. The molecule has 0 aliphatic carbocycles. The minimum absolute atomic E-state index is 0.0521. The zero-order valence-electron chi connectivity index (χ0n) is 8.52. The van der Waals surface area contributed by atoms with Crippen LogP contribution in [0.15, 0.2) is 0 Å². The van der Waals surface area contributed by atoms with E-state index < -0.39 is 0 Å². The fraction of sp³-hybridized carbons (Fsp3) is 1.00. The van der Waals surface area contributed by atoms with Crippen LogP contribution in [0.3, 0.4) is 0 Å². The second kappa shape index (κ2) is 3.55. The molecule has 11 heavy (non-hydrogen) atoms. The van der Waals surface area contributed by atoms with Gasteiger partial charge in [0.2, 0.25) is 0 Å². The Morgan fingerprint density at radius 1 is 1.00 bits per heavy atom. The number of rotatable bonds is 4. The van der Waals surface area contributed by atoms with Gasteiger partial charge in [-0.1, -0.05) is 13.8 Å². The number of hydrogen-bond acceptors (Lipinski definition) is 2. The van der Waals surface area contributed by atoms with E-state index in [2.05, 4.69) is 27.7 Å². The lowest BCUT2D eigenvalue weighted by molar-refractivity contribution is -0.0983. The lowest BCUT2D eigenvalue weighted by atomic mass is 9.78. The molecule has 0 aromatic carbocycles. The SMILES string of the molecule is COCC(C)(C)C(C)(C)OC. The van der Waals surface area contributed by atoms with Gasteiger partial charge in [-0.2, -0.15) is 0 Å². The van der Waals surface area contributed by atoms with Gasteiger partial charge >= 0.3 is 0 Å². The largest absolute Gasteiger partial charge is 0.384 e. The van der Waals surface area contributed by atoms with E-state index in [0.717, 1.165) is 0 Å². The van der Waals surface area contributed by atoms with E-state index in [1.807, 2.05) is 0 Å². The molecule has 0 aromatic heterocycles. The average molecular weight is 160 g/mol. The van der Waals surface area contributed by atoms with Crippen molar-refractivity contribution >= 4 is 0 Å². The first-order valence-corrected chi connectivity index (χ1v) is 3.91. The van der Waals surface area contributed by atoms with Crippen molar-refractivity contribution in [1.82, 2.24) is 0 Å². The molecule has 0 aromatic rings. The van der Waals surface area contributed by atoms with Crippen LogP contribution in [0.4, 0.5) is 0 Å². The van der Waals surface area contributed by atoms with Gasteiger partial charge in [-0.25, -0.2) is 0 Å². The van der Waals surface area contributed by atoms with Crippen LogP contribution in [-0.2, 0) is 9.47 Å². The third kappa shape index (κ3) is 2.46. The Morgan fingerprint density at radius 3 is 1.73 bits per heavy atom. The highest BCUT2D eigenvalue weighted by Gasteiger charge is 2.36. The molecule has 0 saturated carbocycles. The monoisotopic (exact) mass is 160 g/mol. The molecule has 0 saturated heterocycles. The highest BCUT2D eigenvalue weighted by atomic mass is 16.5. The zero-order valence-corrected chi connectivity index (χ0v) is 8.52. The maximum absolute atomic E-state index is 5.38. The molecule has 0 atom stereocenters. The molecule has 0 radical (unpaired) electrons. The molecule has 2 heteroatoms. The Balaban J connectivity index is 4.26. The molecule has 2 nitrogen and oxygen atoms in total. The molecule has 0 amide bonds. The molecule has 0 rings (SSSR count). The molecule has 0 unspecified atom stereocenters. The molecule has 0 bridgehead atoms. The Morgan fingerprint density at radius 2 is 1.45 bits per heavy atom. The second-order valence-electron chi connectivity index (χ2n) is 4.03. The highest BCUT2D eigenvalue weighted by Crippen LogP contribution is 2.32. The minimum Gasteiger partial charge on any atom is -0.384 e. The van der Waals surface area contributed by atoms with Crippen LogP contribution in [0.2, 0.25) is 0 Å². The third-order valence-electron chi connectivity index (χ3n) is 2.65. The zero-order chi connectivity index (χ0) is 9.12. The van der Waals surface area contributed by atoms with Gasteiger partial charge in [0, 0.05) is 19.6 Å². The van der Waals surface area contributed by atoms with E-state index in [0.29, 0.717) is 6.61 Å². The van der Waals surface area contributed by atoms with Gasteiger partial charge in [0.05, 0.1) is 12.2 Å². The van der Waals surface area contributed by atoms with Gasteiger partial charge in [-0.3, -0.25) is 0 Å². The summed E-state index contributed by atoms with van der Waals surface area (Å²) in [4.78, 5) is 0. The van der Waals surface area contributed by atoms with E-state index >= 15 is 0 Å². The van der Waals surface area contributed by atoms with E-state index in [1.165, 1.54) is 0 Å². The Hall–Kier alpha value is -0.0800. The molecule has 0 fully saturated rings. The summed E-state index contributed by atoms with van der Waals surface area (Å²) >= 11 is 0. The van der Waals surface area contributed by atoms with Crippen LogP contribution in [0.5, 0.6) is 0 Å². The van der Waals surface area contributed by atoms with E-state index in [4.69, 9.17) is 9.47 Å². The Labute approximate surface area is 69.9 Å². The summed E-state index contributed by atoms with van der Waals surface area (Å²) in [5.74, 6) is 0. The first-order valence-electron chi connectivity index (χ1n) is 3.91. The fourth-order valence-corrected chi connectivity index (χ4v) is 0.811. The molecule has 0 aliphatic heterocycles.